The first kappa shape index (κ1) is 17.4. The van der Waals surface area contributed by atoms with Crippen molar-refractivity contribution in [1.82, 2.24) is 5.43 Å². The van der Waals surface area contributed by atoms with Crippen molar-refractivity contribution in [3.05, 3.63) is 35.9 Å². The lowest BCUT2D eigenvalue weighted by atomic mass is 10.0. The standard InChI is InChI=1S/C18H28N2O/c1-3-4-5-6-7-11-14-18(21)20-19-15-16(2)17-12-9-8-10-13-17/h8-10,12-13,15-16H,3-7,11,14H2,1-2H3,(H,20,21)/t16-/m0/s1. The largest absolute Gasteiger partial charge is 0.273 e. The first-order valence-corrected chi connectivity index (χ1v) is 8.11. The smallest absolute Gasteiger partial charge is 0.240 e. The van der Waals surface area contributed by atoms with E-state index in [0.29, 0.717) is 6.42 Å². The Morgan fingerprint density at radius 2 is 1.81 bits per heavy atom. The van der Waals surface area contributed by atoms with Crippen LogP contribution in [0.1, 0.15) is 70.3 Å². The molecule has 0 saturated carbocycles. The van der Waals surface area contributed by atoms with Crippen molar-refractivity contribution in [3.8, 4) is 0 Å². The normalized spacial score (nSPS) is 12.5. The van der Waals surface area contributed by atoms with E-state index in [1.165, 1.54) is 31.2 Å². The molecule has 0 aromatic heterocycles. The molecule has 1 atom stereocenters. The van der Waals surface area contributed by atoms with Gasteiger partial charge in [0.25, 0.3) is 0 Å². The van der Waals surface area contributed by atoms with Gasteiger partial charge in [-0.15, -0.1) is 0 Å². The predicted molar refractivity (Wildman–Crippen MR) is 89.5 cm³/mol. The number of carbonyl (C=O) groups excluding carboxylic acids is 1. The van der Waals surface area contributed by atoms with Crippen molar-refractivity contribution >= 4 is 12.1 Å². The van der Waals surface area contributed by atoms with Crippen LogP contribution >= 0.6 is 0 Å². The van der Waals surface area contributed by atoms with Gasteiger partial charge in [-0.1, -0.05) is 76.3 Å². The molecule has 3 heteroatoms. The maximum absolute atomic E-state index is 11.6. The maximum atomic E-state index is 11.6. The van der Waals surface area contributed by atoms with E-state index in [-0.39, 0.29) is 11.8 Å². The van der Waals surface area contributed by atoms with E-state index in [1.807, 2.05) is 18.2 Å². The fourth-order valence-corrected chi connectivity index (χ4v) is 2.19. The number of hydrazone groups is 1. The molecular weight excluding hydrogens is 260 g/mol. The van der Waals surface area contributed by atoms with Crippen LogP contribution < -0.4 is 5.43 Å². The van der Waals surface area contributed by atoms with Gasteiger partial charge in [-0.3, -0.25) is 4.79 Å². The summed E-state index contributed by atoms with van der Waals surface area (Å²) in [5.74, 6) is 0.225. The monoisotopic (exact) mass is 288 g/mol. The van der Waals surface area contributed by atoms with Crippen molar-refractivity contribution in [3.63, 3.8) is 0 Å². The lowest BCUT2D eigenvalue weighted by Crippen LogP contribution is -2.17. The lowest BCUT2D eigenvalue weighted by molar-refractivity contribution is -0.121. The Morgan fingerprint density at radius 1 is 1.14 bits per heavy atom. The van der Waals surface area contributed by atoms with E-state index in [0.717, 1.165) is 12.8 Å². The molecule has 1 N–H and O–H groups in total. The third kappa shape index (κ3) is 8.28. The van der Waals surface area contributed by atoms with Gasteiger partial charge in [-0.05, 0) is 12.0 Å². The molecule has 0 spiro atoms. The fourth-order valence-electron chi connectivity index (χ4n) is 2.19. The molecule has 0 unspecified atom stereocenters. The summed E-state index contributed by atoms with van der Waals surface area (Å²) in [6.07, 6.45) is 9.53. The molecule has 1 aromatic rings. The van der Waals surface area contributed by atoms with E-state index >= 15 is 0 Å². The van der Waals surface area contributed by atoms with E-state index < -0.39 is 0 Å². The molecule has 1 amide bonds. The quantitative estimate of drug-likeness (QED) is 0.380. The zero-order valence-corrected chi connectivity index (χ0v) is 13.3. The summed E-state index contributed by atoms with van der Waals surface area (Å²) in [6.45, 7) is 4.28. The third-order valence-electron chi connectivity index (χ3n) is 3.57. The summed E-state index contributed by atoms with van der Waals surface area (Å²) in [6, 6.07) is 10.1. The Balaban J connectivity index is 2.13. The molecule has 3 nitrogen and oxygen atoms in total. The number of hydrogen-bond acceptors (Lipinski definition) is 2. The predicted octanol–water partition coefficient (Wildman–Crippen LogP) is 4.64. The Kier molecular flexibility index (Phi) is 9.18. The highest BCUT2D eigenvalue weighted by atomic mass is 16.2. The number of amides is 1. The number of carbonyl (C=O) groups is 1. The minimum absolute atomic E-state index is 0.0157. The Morgan fingerprint density at radius 3 is 2.52 bits per heavy atom. The van der Waals surface area contributed by atoms with Crippen LogP contribution in [0.5, 0.6) is 0 Å². The second-order valence-electron chi connectivity index (χ2n) is 5.53. The zero-order valence-electron chi connectivity index (χ0n) is 13.3. The highest BCUT2D eigenvalue weighted by Gasteiger charge is 2.02. The van der Waals surface area contributed by atoms with Gasteiger partial charge in [-0.25, -0.2) is 5.43 Å². The highest BCUT2D eigenvalue weighted by Crippen LogP contribution is 2.11. The molecule has 0 bridgehead atoms. The first-order valence-electron chi connectivity index (χ1n) is 8.11. The van der Waals surface area contributed by atoms with Crippen LogP contribution in [0.4, 0.5) is 0 Å². The molecule has 21 heavy (non-hydrogen) atoms. The molecule has 116 valence electrons. The molecule has 1 aromatic carbocycles. The number of nitrogens with one attached hydrogen (secondary N) is 1. The van der Waals surface area contributed by atoms with Crippen molar-refractivity contribution in [2.24, 2.45) is 5.10 Å². The number of benzene rings is 1. The Hall–Kier alpha value is -1.64. The van der Waals surface area contributed by atoms with E-state index in [4.69, 9.17) is 0 Å². The van der Waals surface area contributed by atoms with Crippen LogP contribution in [-0.4, -0.2) is 12.1 Å². The van der Waals surface area contributed by atoms with Gasteiger partial charge in [0, 0.05) is 18.6 Å². The van der Waals surface area contributed by atoms with Gasteiger partial charge in [0.1, 0.15) is 0 Å². The first-order chi connectivity index (χ1) is 10.2. The molecule has 0 aliphatic rings. The van der Waals surface area contributed by atoms with Gasteiger partial charge in [0.15, 0.2) is 0 Å². The molecule has 0 heterocycles. The van der Waals surface area contributed by atoms with E-state index in [1.54, 1.807) is 6.21 Å². The van der Waals surface area contributed by atoms with Crippen molar-refractivity contribution in [2.75, 3.05) is 0 Å². The highest BCUT2D eigenvalue weighted by molar-refractivity contribution is 5.77. The van der Waals surface area contributed by atoms with Gasteiger partial charge < -0.3 is 0 Å². The summed E-state index contributed by atoms with van der Waals surface area (Å²) in [5, 5.41) is 4.05. The fraction of sp³-hybridized carbons (Fsp3) is 0.556. The van der Waals surface area contributed by atoms with Crippen molar-refractivity contribution in [1.29, 1.82) is 0 Å². The summed E-state index contributed by atoms with van der Waals surface area (Å²) >= 11 is 0. The van der Waals surface area contributed by atoms with Gasteiger partial charge >= 0.3 is 0 Å². The van der Waals surface area contributed by atoms with Gasteiger partial charge in [0.05, 0.1) is 0 Å². The molecule has 0 fully saturated rings. The summed E-state index contributed by atoms with van der Waals surface area (Å²) in [7, 11) is 0. The minimum atomic E-state index is 0.0157. The molecule has 0 aliphatic carbocycles. The van der Waals surface area contributed by atoms with Crippen molar-refractivity contribution in [2.45, 2.75) is 64.7 Å². The van der Waals surface area contributed by atoms with Crippen LogP contribution in [0.2, 0.25) is 0 Å². The number of rotatable bonds is 10. The third-order valence-corrected chi connectivity index (χ3v) is 3.57. The second-order valence-corrected chi connectivity index (χ2v) is 5.53. The molecule has 0 radical (unpaired) electrons. The summed E-state index contributed by atoms with van der Waals surface area (Å²) in [4.78, 5) is 11.6. The average Bonchev–Trinajstić information content (AvgIpc) is 2.51. The Labute approximate surface area is 128 Å². The van der Waals surface area contributed by atoms with Crippen LogP contribution in [0.15, 0.2) is 35.4 Å². The summed E-state index contributed by atoms with van der Waals surface area (Å²) in [5.41, 5.74) is 3.82. The molecular formula is C18H28N2O. The van der Waals surface area contributed by atoms with Crippen LogP contribution in [0, 0.1) is 0 Å². The van der Waals surface area contributed by atoms with E-state index in [9.17, 15) is 4.79 Å². The average molecular weight is 288 g/mol. The minimum Gasteiger partial charge on any atom is -0.273 e. The van der Waals surface area contributed by atoms with Crippen LogP contribution in [0.3, 0.4) is 0 Å². The Bertz CT molecular complexity index is 414. The number of nitrogens with zero attached hydrogens (tertiary/aromatic N) is 1. The zero-order chi connectivity index (χ0) is 15.3. The molecule has 0 aliphatic heterocycles. The lowest BCUT2D eigenvalue weighted by Gasteiger charge is -2.05. The molecule has 1 rings (SSSR count). The number of unbranched alkanes of at least 4 members (excludes halogenated alkanes) is 5. The van der Waals surface area contributed by atoms with Gasteiger partial charge in [0.2, 0.25) is 5.91 Å². The van der Waals surface area contributed by atoms with Crippen LogP contribution in [0.25, 0.3) is 0 Å². The van der Waals surface area contributed by atoms with Crippen LogP contribution in [-0.2, 0) is 4.79 Å². The van der Waals surface area contributed by atoms with Gasteiger partial charge in [-0.2, -0.15) is 5.10 Å². The topological polar surface area (TPSA) is 41.5 Å². The number of hydrogen-bond donors (Lipinski definition) is 1. The second kappa shape index (κ2) is 11.1. The van der Waals surface area contributed by atoms with E-state index in [2.05, 4.69) is 36.5 Å². The maximum Gasteiger partial charge on any atom is 0.240 e. The molecule has 0 saturated heterocycles. The van der Waals surface area contributed by atoms with Crippen molar-refractivity contribution < 1.29 is 4.79 Å². The summed E-state index contributed by atoms with van der Waals surface area (Å²) < 4.78 is 0. The SMILES string of the molecule is CCCCCCCCC(=O)NN=C[C@H](C)c1ccccc1.